The maximum atomic E-state index is 5.91. The summed E-state index contributed by atoms with van der Waals surface area (Å²) in [6, 6.07) is 10.5. The summed E-state index contributed by atoms with van der Waals surface area (Å²) in [5.74, 6) is 1.47. The summed E-state index contributed by atoms with van der Waals surface area (Å²) in [7, 11) is 0. The first-order chi connectivity index (χ1) is 9.81. The zero-order valence-electron chi connectivity index (χ0n) is 12.0. The molecule has 0 aliphatic rings. The topological polar surface area (TPSA) is 63.8 Å². The predicted molar refractivity (Wildman–Crippen MR) is 83.7 cm³/mol. The molecule has 1 heterocycles. The maximum absolute atomic E-state index is 5.91. The fourth-order valence-corrected chi connectivity index (χ4v) is 2.22. The van der Waals surface area contributed by atoms with E-state index in [2.05, 4.69) is 46.5 Å². The number of anilines is 2. The molecule has 1 aromatic heterocycles. The number of nitrogens with zero attached hydrogens (tertiary/aromatic N) is 2. The van der Waals surface area contributed by atoms with Crippen LogP contribution in [0.25, 0.3) is 0 Å². The van der Waals surface area contributed by atoms with Crippen LogP contribution in [0.4, 0.5) is 11.6 Å². The Labute approximate surface area is 120 Å². The van der Waals surface area contributed by atoms with Crippen molar-refractivity contribution in [2.45, 2.75) is 32.6 Å². The van der Waals surface area contributed by atoms with Crippen molar-refractivity contribution in [2.75, 3.05) is 17.6 Å². The third-order valence-corrected chi connectivity index (χ3v) is 3.26. The van der Waals surface area contributed by atoms with Gasteiger partial charge in [-0.1, -0.05) is 43.7 Å². The molecule has 0 amide bonds. The van der Waals surface area contributed by atoms with Crippen molar-refractivity contribution in [3.63, 3.8) is 0 Å². The molecule has 106 valence electrons. The molecule has 4 heteroatoms. The van der Waals surface area contributed by atoms with E-state index < -0.39 is 0 Å². The molecule has 2 aromatic rings. The molecular weight excluding hydrogens is 248 g/mol. The van der Waals surface area contributed by atoms with Crippen molar-refractivity contribution in [2.24, 2.45) is 0 Å². The summed E-state index contributed by atoms with van der Waals surface area (Å²) in [6.07, 6.45) is 5.61. The van der Waals surface area contributed by atoms with E-state index in [-0.39, 0.29) is 0 Å². The fraction of sp³-hybridized carbons (Fsp3) is 0.375. The molecule has 0 fully saturated rings. The normalized spacial score (nSPS) is 10.4. The molecule has 2 rings (SSSR count). The van der Waals surface area contributed by atoms with Gasteiger partial charge in [0.15, 0.2) is 0 Å². The Morgan fingerprint density at radius 2 is 1.90 bits per heavy atom. The van der Waals surface area contributed by atoms with Crippen LogP contribution in [0.1, 0.15) is 30.9 Å². The summed E-state index contributed by atoms with van der Waals surface area (Å²) in [5.41, 5.74) is 8.31. The molecule has 0 atom stereocenters. The standard InChI is InChI=1S/C16H22N4/c1-2-7-14-15(17)19-12-20-16(14)18-11-6-10-13-8-4-3-5-9-13/h3-5,8-9,12H,2,6-7,10-11H2,1H3,(H3,17,18,19,20). The molecule has 4 nitrogen and oxygen atoms in total. The highest BCUT2D eigenvalue weighted by molar-refractivity contribution is 5.54. The van der Waals surface area contributed by atoms with Gasteiger partial charge in [-0.05, 0) is 24.8 Å². The average molecular weight is 270 g/mol. The Balaban J connectivity index is 1.86. The van der Waals surface area contributed by atoms with E-state index in [0.717, 1.165) is 43.6 Å². The zero-order valence-corrected chi connectivity index (χ0v) is 12.0. The predicted octanol–water partition coefficient (Wildman–Crippen LogP) is 3.06. The molecule has 0 spiro atoms. The van der Waals surface area contributed by atoms with Gasteiger partial charge in [-0.2, -0.15) is 0 Å². The third kappa shape index (κ3) is 3.95. The van der Waals surface area contributed by atoms with Gasteiger partial charge >= 0.3 is 0 Å². The first-order valence-electron chi connectivity index (χ1n) is 7.18. The number of aryl methyl sites for hydroxylation is 1. The molecule has 0 aliphatic carbocycles. The largest absolute Gasteiger partial charge is 0.383 e. The zero-order chi connectivity index (χ0) is 14.2. The lowest BCUT2D eigenvalue weighted by molar-refractivity contribution is 0.847. The molecule has 0 unspecified atom stereocenters. The average Bonchev–Trinajstić information content (AvgIpc) is 2.48. The van der Waals surface area contributed by atoms with E-state index in [1.807, 2.05) is 6.07 Å². The van der Waals surface area contributed by atoms with E-state index in [0.29, 0.717) is 5.82 Å². The van der Waals surface area contributed by atoms with E-state index >= 15 is 0 Å². The van der Waals surface area contributed by atoms with Crippen molar-refractivity contribution >= 4 is 11.6 Å². The lowest BCUT2D eigenvalue weighted by atomic mass is 10.1. The molecule has 20 heavy (non-hydrogen) atoms. The highest BCUT2D eigenvalue weighted by Crippen LogP contribution is 2.18. The van der Waals surface area contributed by atoms with Crippen LogP contribution in [-0.2, 0) is 12.8 Å². The second kappa shape index (κ2) is 7.48. The Morgan fingerprint density at radius 3 is 2.65 bits per heavy atom. The van der Waals surface area contributed by atoms with Crippen LogP contribution < -0.4 is 11.1 Å². The number of nitrogens with one attached hydrogen (secondary N) is 1. The number of hydrogen-bond donors (Lipinski definition) is 2. The van der Waals surface area contributed by atoms with Crippen LogP contribution in [0, 0.1) is 0 Å². The smallest absolute Gasteiger partial charge is 0.134 e. The van der Waals surface area contributed by atoms with Gasteiger partial charge in [0.2, 0.25) is 0 Å². The number of nitrogens with two attached hydrogens (primary N) is 1. The van der Waals surface area contributed by atoms with Crippen LogP contribution in [0.3, 0.4) is 0 Å². The second-order valence-electron chi connectivity index (χ2n) is 4.85. The van der Waals surface area contributed by atoms with Crippen molar-refractivity contribution in [1.29, 1.82) is 0 Å². The Kier molecular flexibility index (Phi) is 5.35. The van der Waals surface area contributed by atoms with Crippen LogP contribution in [0.5, 0.6) is 0 Å². The van der Waals surface area contributed by atoms with Crippen molar-refractivity contribution in [3.05, 3.63) is 47.8 Å². The lowest BCUT2D eigenvalue weighted by Gasteiger charge is -2.11. The van der Waals surface area contributed by atoms with Crippen LogP contribution in [0.15, 0.2) is 36.7 Å². The van der Waals surface area contributed by atoms with Crippen LogP contribution >= 0.6 is 0 Å². The highest BCUT2D eigenvalue weighted by Gasteiger charge is 2.07. The maximum Gasteiger partial charge on any atom is 0.134 e. The molecule has 0 aliphatic heterocycles. The van der Waals surface area contributed by atoms with Gasteiger partial charge in [-0.3, -0.25) is 0 Å². The van der Waals surface area contributed by atoms with Crippen molar-refractivity contribution in [3.8, 4) is 0 Å². The minimum Gasteiger partial charge on any atom is -0.383 e. The minimum atomic E-state index is 0.590. The van der Waals surface area contributed by atoms with Gasteiger partial charge in [0.25, 0.3) is 0 Å². The van der Waals surface area contributed by atoms with Crippen LogP contribution in [0.2, 0.25) is 0 Å². The van der Waals surface area contributed by atoms with E-state index in [4.69, 9.17) is 5.73 Å². The van der Waals surface area contributed by atoms with Gasteiger partial charge < -0.3 is 11.1 Å². The number of rotatable bonds is 7. The van der Waals surface area contributed by atoms with Gasteiger partial charge in [-0.15, -0.1) is 0 Å². The first kappa shape index (κ1) is 14.3. The van der Waals surface area contributed by atoms with Crippen molar-refractivity contribution in [1.82, 2.24) is 9.97 Å². The Hall–Kier alpha value is -2.10. The molecule has 0 saturated carbocycles. The summed E-state index contributed by atoms with van der Waals surface area (Å²) < 4.78 is 0. The van der Waals surface area contributed by atoms with E-state index in [1.54, 1.807) is 0 Å². The number of hydrogen-bond acceptors (Lipinski definition) is 4. The van der Waals surface area contributed by atoms with Gasteiger partial charge in [0, 0.05) is 12.1 Å². The monoisotopic (exact) mass is 270 g/mol. The summed E-state index contributed by atoms with van der Waals surface area (Å²) in [4.78, 5) is 8.36. The second-order valence-corrected chi connectivity index (χ2v) is 4.85. The summed E-state index contributed by atoms with van der Waals surface area (Å²) >= 11 is 0. The van der Waals surface area contributed by atoms with Crippen molar-refractivity contribution < 1.29 is 0 Å². The fourth-order valence-electron chi connectivity index (χ4n) is 2.22. The van der Waals surface area contributed by atoms with Crippen LogP contribution in [-0.4, -0.2) is 16.5 Å². The van der Waals surface area contributed by atoms with Gasteiger partial charge in [0.05, 0.1) is 0 Å². The summed E-state index contributed by atoms with van der Waals surface area (Å²) in [6.45, 7) is 3.02. The minimum absolute atomic E-state index is 0.590. The summed E-state index contributed by atoms with van der Waals surface area (Å²) in [5, 5.41) is 3.38. The van der Waals surface area contributed by atoms with E-state index in [1.165, 1.54) is 11.9 Å². The first-order valence-corrected chi connectivity index (χ1v) is 7.18. The van der Waals surface area contributed by atoms with Gasteiger partial charge in [-0.25, -0.2) is 9.97 Å². The van der Waals surface area contributed by atoms with Gasteiger partial charge in [0.1, 0.15) is 18.0 Å². The number of aromatic nitrogens is 2. The lowest BCUT2D eigenvalue weighted by Crippen LogP contribution is -2.10. The SMILES string of the molecule is CCCc1c(N)ncnc1NCCCc1ccccc1. The highest BCUT2D eigenvalue weighted by atomic mass is 15.0. The number of benzene rings is 1. The molecule has 0 radical (unpaired) electrons. The quantitative estimate of drug-likeness (QED) is 0.759. The Morgan fingerprint density at radius 1 is 1.10 bits per heavy atom. The molecule has 0 saturated heterocycles. The molecular formula is C16H22N4. The van der Waals surface area contributed by atoms with E-state index in [9.17, 15) is 0 Å². The molecule has 1 aromatic carbocycles. The molecule has 3 N–H and O–H groups in total. The molecule has 0 bridgehead atoms. The Bertz CT molecular complexity index is 525. The number of nitrogen functional groups attached to an aromatic ring is 1. The third-order valence-electron chi connectivity index (χ3n) is 3.26.